The van der Waals surface area contributed by atoms with Crippen molar-refractivity contribution in [2.24, 2.45) is 0 Å². The standard InChI is InChI=1S/C11H8FN3O2/c12-9-3-4-10(8(6-9)2-1-5-16)15-7-13-14-11(15)17/h3-4,6-7,16H,5H2,(H,14,17). The van der Waals surface area contributed by atoms with Crippen molar-refractivity contribution in [2.75, 3.05) is 6.61 Å². The molecule has 0 saturated heterocycles. The second-order valence-corrected chi connectivity index (χ2v) is 3.15. The van der Waals surface area contributed by atoms with Crippen molar-refractivity contribution in [2.45, 2.75) is 0 Å². The molecular formula is C11H8FN3O2. The van der Waals surface area contributed by atoms with Crippen LogP contribution in [0.15, 0.2) is 29.3 Å². The number of nitrogens with one attached hydrogen (secondary N) is 1. The first-order chi connectivity index (χ1) is 8.22. The molecular weight excluding hydrogens is 225 g/mol. The van der Waals surface area contributed by atoms with Gasteiger partial charge in [0.1, 0.15) is 18.8 Å². The Morgan fingerprint density at radius 1 is 1.53 bits per heavy atom. The van der Waals surface area contributed by atoms with Gasteiger partial charge in [0.2, 0.25) is 0 Å². The topological polar surface area (TPSA) is 70.9 Å². The van der Waals surface area contributed by atoms with Crippen LogP contribution >= 0.6 is 0 Å². The molecule has 0 saturated carbocycles. The summed E-state index contributed by atoms with van der Waals surface area (Å²) in [5.41, 5.74) is 0.275. The van der Waals surface area contributed by atoms with E-state index < -0.39 is 11.5 Å². The lowest BCUT2D eigenvalue weighted by Gasteiger charge is -2.03. The van der Waals surface area contributed by atoms with Crippen LogP contribution < -0.4 is 5.69 Å². The molecule has 0 aliphatic rings. The first-order valence-corrected chi connectivity index (χ1v) is 4.74. The zero-order chi connectivity index (χ0) is 12.3. The Bertz CT molecular complexity index is 648. The van der Waals surface area contributed by atoms with E-state index >= 15 is 0 Å². The number of aromatic amines is 1. The predicted octanol–water partition coefficient (Wildman–Crippen LogP) is 0.0435. The molecule has 0 aliphatic heterocycles. The molecule has 0 unspecified atom stereocenters. The quantitative estimate of drug-likeness (QED) is 0.683. The summed E-state index contributed by atoms with van der Waals surface area (Å²) in [4.78, 5) is 11.4. The third-order valence-corrected chi connectivity index (χ3v) is 2.07. The zero-order valence-electron chi connectivity index (χ0n) is 8.64. The van der Waals surface area contributed by atoms with Gasteiger partial charge in [-0.15, -0.1) is 0 Å². The van der Waals surface area contributed by atoms with Crippen LogP contribution in [-0.2, 0) is 0 Å². The summed E-state index contributed by atoms with van der Waals surface area (Å²) in [6, 6.07) is 3.84. The fourth-order valence-electron chi connectivity index (χ4n) is 1.37. The monoisotopic (exact) mass is 233 g/mol. The number of aromatic nitrogens is 3. The largest absolute Gasteiger partial charge is 0.384 e. The van der Waals surface area contributed by atoms with E-state index in [0.717, 1.165) is 0 Å². The molecule has 0 amide bonds. The molecule has 0 aliphatic carbocycles. The number of aliphatic hydroxyl groups excluding tert-OH is 1. The third-order valence-electron chi connectivity index (χ3n) is 2.07. The highest BCUT2D eigenvalue weighted by molar-refractivity contribution is 5.51. The van der Waals surface area contributed by atoms with Crippen LogP contribution in [0.5, 0.6) is 0 Å². The SMILES string of the molecule is O=c1[nH]ncn1-c1ccc(F)cc1C#CCO. The lowest BCUT2D eigenvalue weighted by molar-refractivity contribution is 0.350. The minimum atomic E-state index is -0.465. The van der Waals surface area contributed by atoms with E-state index in [9.17, 15) is 9.18 Å². The smallest absolute Gasteiger partial charge is 0.347 e. The Kier molecular flexibility index (Phi) is 3.03. The fourth-order valence-corrected chi connectivity index (χ4v) is 1.37. The first kappa shape index (κ1) is 11.1. The average molecular weight is 233 g/mol. The molecule has 1 heterocycles. The van der Waals surface area contributed by atoms with E-state index in [-0.39, 0.29) is 6.61 Å². The molecule has 0 spiro atoms. The third kappa shape index (κ3) is 2.24. The predicted molar refractivity (Wildman–Crippen MR) is 58.1 cm³/mol. The van der Waals surface area contributed by atoms with Crippen molar-refractivity contribution in [1.29, 1.82) is 0 Å². The summed E-state index contributed by atoms with van der Waals surface area (Å²) in [6.45, 7) is -0.337. The summed E-state index contributed by atoms with van der Waals surface area (Å²) < 4.78 is 14.3. The zero-order valence-corrected chi connectivity index (χ0v) is 8.64. The molecule has 2 N–H and O–H groups in total. The number of halogens is 1. The van der Waals surface area contributed by atoms with Crippen molar-refractivity contribution >= 4 is 0 Å². The minimum Gasteiger partial charge on any atom is -0.384 e. The summed E-state index contributed by atoms with van der Waals surface area (Å²) in [5, 5.41) is 14.4. The van der Waals surface area contributed by atoms with Gasteiger partial charge in [-0.1, -0.05) is 11.8 Å². The maximum absolute atomic E-state index is 13.1. The van der Waals surface area contributed by atoms with Crippen molar-refractivity contribution < 1.29 is 9.50 Å². The Hall–Kier alpha value is -2.39. The van der Waals surface area contributed by atoms with Gasteiger partial charge >= 0.3 is 5.69 Å². The first-order valence-electron chi connectivity index (χ1n) is 4.74. The number of rotatable bonds is 1. The maximum Gasteiger partial charge on any atom is 0.347 e. The number of nitrogens with zero attached hydrogens (tertiary/aromatic N) is 2. The molecule has 0 bridgehead atoms. The Labute approximate surface area is 95.5 Å². The molecule has 0 atom stereocenters. The van der Waals surface area contributed by atoms with E-state index in [1.165, 1.54) is 29.1 Å². The molecule has 1 aromatic heterocycles. The van der Waals surface area contributed by atoms with Crippen molar-refractivity contribution in [1.82, 2.24) is 14.8 Å². The van der Waals surface area contributed by atoms with Gasteiger partial charge in [-0.2, -0.15) is 5.10 Å². The van der Waals surface area contributed by atoms with Gasteiger partial charge in [-0.05, 0) is 18.2 Å². The number of benzene rings is 1. The molecule has 0 fully saturated rings. The fraction of sp³-hybridized carbons (Fsp3) is 0.0909. The molecule has 1 aromatic carbocycles. The van der Waals surface area contributed by atoms with E-state index in [1.807, 2.05) is 0 Å². The van der Waals surface area contributed by atoms with E-state index in [0.29, 0.717) is 11.3 Å². The van der Waals surface area contributed by atoms with E-state index in [4.69, 9.17) is 5.11 Å². The van der Waals surface area contributed by atoms with Crippen LogP contribution in [0.1, 0.15) is 5.56 Å². The van der Waals surface area contributed by atoms with Gasteiger partial charge in [-0.3, -0.25) is 0 Å². The second-order valence-electron chi connectivity index (χ2n) is 3.15. The molecule has 2 rings (SSSR count). The lowest BCUT2D eigenvalue weighted by Crippen LogP contribution is -2.15. The Morgan fingerprint density at radius 3 is 3.00 bits per heavy atom. The summed E-state index contributed by atoms with van der Waals surface area (Å²) in [5.74, 6) is 4.52. The molecule has 0 radical (unpaired) electrons. The highest BCUT2D eigenvalue weighted by atomic mass is 19.1. The molecule has 5 nitrogen and oxygen atoms in total. The van der Waals surface area contributed by atoms with Crippen LogP contribution in [0.3, 0.4) is 0 Å². The number of aliphatic hydroxyl groups is 1. The van der Waals surface area contributed by atoms with Crippen LogP contribution in [0, 0.1) is 17.7 Å². The summed E-state index contributed by atoms with van der Waals surface area (Å²) >= 11 is 0. The normalized spacial score (nSPS) is 9.76. The number of hydrogen-bond acceptors (Lipinski definition) is 3. The highest BCUT2D eigenvalue weighted by Gasteiger charge is 2.07. The average Bonchev–Trinajstić information content (AvgIpc) is 2.73. The Balaban J connectivity index is 2.62. The number of H-pyrrole nitrogens is 1. The minimum absolute atomic E-state index is 0.308. The van der Waals surface area contributed by atoms with E-state index in [2.05, 4.69) is 22.0 Å². The number of hydrogen-bond donors (Lipinski definition) is 2. The van der Waals surface area contributed by atoms with Gasteiger partial charge in [0.25, 0.3) is 0 Å². The highest BCUT2D eigenvalue weighted by Crippen LogP contribution is 2.13. The molecule has 86 valence electrons. The van der Waals surface area contributed by atoms with Crippen LogP contribution in [-0.4, -0.2) is 26.5 Å². The van der Waals surface area contributed by atoms with Gasteiger partial charge in [0.05, 0.1) is 11.3 Å². The molecule has 17 heavy (non-hydrogen) atoms. The second kappa shape index (κ2) is 4.63. The van der Waals surface area contributed by atoms with Gasteiger partial charge in [0, 0.05) is 0 Å². The summed E-state index contributed by atoms with van der Waals surface area (Å²) in [6.07, 6.45) is 1.28. The van der Waals surface area contributed by atoms with Crippen LogP contribution in [0.25, 0.3) is 5.69 Å². The van der Waals surface area contributed by atoms with Crippen molar-refractivity contribution in [3.8, 4) is 17.5 Å². The maximum atomic E-state index is 13.1. The lowest BCUT2D eigenvalue weighted by atomic mass is 10.1. The van der Waals surface area contributed by atoms with Crippen LogP contribution in [0.4, 0.5) is 4.39 Å². The Morgan fingerprint density at radius 2 is 2.35 bits per heavy atom. The van der Waals surface area contributed by atoms with Gasteiger partial charge in [0.15, 0.2) is 0 Å². The van der Waals surface area contributed by atoms with Crippen LogP contribution in [0.2, 0.25) is 0 Å². The van der Waals surface area contributed by atoms with Crippen molar-refractivity contribution in [3.05, 3.63) is 46.4 Å². The molecule has 6 heteroatoms. The molecule has 2 aromatic rings. The van der Waals surface area contributed by atoms with E-state index in [1.54, 1.807) is 0 Å². The summed E-state index contributed by atoms with van der Waals surface area (Å²) in [7, 11) is 0. The van der Waals surface area contributed by atoms with Gasteiger partial charge in [-0.25, -0.2) is 18.9 Å². The van der Waals surface area contributed by atoms with Crippen molar-refractivity contribution in [3.63, 3.8) is 0 Å². The van der Waals surface area contributed by atoms with Gasteiger partial charge < -0.3 is 5.11 Å².